The molecule has 7 heteroatoms. The Morgan fingerprint density at radius 3 is 1.43 bits per heavy atom. The molecular formula is C54H36Br2N2O3. The van der Waals surface area contributed by atoms with Crippen molar-refractivity contribution in [2.75, 3.05) is 5.73 Å². The number of phenols is 1. The van der Waals surface area contributed by atoms with Crippen molar-refractivity contribution in [3.63, 3.8) is 0 Å². The minimum absolute atomic E-state index is 0.146. The van der Waals surface area contributed by atoms with E-state index >= 15 is 0 Å². The summed E-state index contributed by atoms with van der Waals surface area (Å²) in [5, 5.41) is 18.5. The molecule has 11 aromatic rings. The summed E-state index contributed by atoms with van der Waals surface area (Å²) >= 11 is 7.23. The fourth-order valence-electron chi connectivity index (χ4n) is 7.81. The number of carbonyl (C=O) groups excluding carboxylic acids is 1. The lowest BCUT2D eigenvalue weighted by Crippen LogP contribution is -1.88. The Bertz CT molecular complexity index is 3250. The third-order valence-corrected chi connectivity index (χ3v) is 11.5. The number of benzene rings is 10. The molecule has 0 fully saturated rings. The average molecular weight is 921 g/mol. The zero-order chi connectivity index (χ0) is 41.9. The molecule has 0 atom stereocenters. The van der Waals surface area contributed by atoms with Crippen LogP contribution in [-0.4, -0.2) is 16.4 Å². The van der Waals surface area contributed by atoms with E-state index in [1.165, 1.54) is 54.2 Å². The predicted molar refractivity (Wildman–Crippen MR) is 260 cm³/mol. The number of hydrogen-bond acceptors (Lipinski definition) is 5. The van der Waals surface area contributed by atoms with Crippen LogP contribution in [0.3, 0.4) is 0 Å². The first-order valence-electron chi connectivity index (χ1n) is 19.6. The molecule has 3 N–H and O–H groups in total. The Hall–Kier alpha value is -7.06. The number of rotatable bonds is 4. The lowest BCUT2D eigenvalue weighted by Gasteiger charge is -2.13. The minimum atomic E-state index is 0.146. The molecule has 0 saturated heterocycles. The van der Waals surface area contributed by atoms with E-state index in [-0.39, 0.29) is 5.75 Å². The van der Waals surface area contributed by atoms with Gasteiger partial charge in [0, 0.05) is 20.1 Å². The first kappa shape index (κ1) is 39.4. The number of aldehydes is 1. The minimum Gasteiger partial charge on any atom is -0.506 e. The van der Waals surface area contributed by atoms with E-state index < -0.39 is 0 Å². The normalized spacial score (nSPS) is 11.0. The number of aromatic hydroxyl groups is 1. The van der Waals surface area contributed by atoms with Gasteiger partial charge in [-0.25, -0.2) is 4.98 Å². The highest BCUT2D eigenvalue weighted by molar-refractivity contribution is 9.10. The second-order valence-corrected chi connectivity index (χ2v) is 16.4. The highest BCUT2D eigenvalue weighted by atomic mass is 79.9. The number of halogens is 2. The van der Waals surface area contributed by atoms with Crippen molar-refractivity contribution in [1.82, 2.24) is 4.98 Å². The summed E-state index contributed by atoms with van der Waals surface area (Å²) in [4.78, 5) is 15.9. The number of nitrogens with zero attached hydrogens (tertiary/aromatic N) is 1. The zero-order valence-corrected chi connectivity index (χ0v) is 35.8. The molecule has 0 unspecified atom stereocenters. The number of fused-ring (bicyclic) bond motifs is 5. The van der Waals surface area contributed by atoms with E-state index in [0.29, 0.717) is 17.1 Å². The largest absolute Gasteiger partial charge is 0.506 e. The van der Waals surface area contributed by atoms with Crippen LogP contribution in [0, 0.1) is 0 Å². The summed E-state index contributed by atoms with van der Waals surface area (Å²) in [6.45, 7) is 0. The molecule has 61 heavy (non-hydrogen) atoms. The third-order valence-electron chi connectivity index (χ3n) is 10.6. The van der Waals surface area contributed by atoms with Gasteiger partial charge in [0.1, 0.15) is 17.6 Å². The molecule has 0 amide bonds. The van der Waals surface area contributed by atoms with Crippen molar-refractivity contribution >= 4 is 98.0 Å². The van der Waals surface area contributed by atoms with Crippen molar-refractivity contribution in [2.24, 2.45) is 0 Å². The lowest BCUT2D eigenvalue weighted by atomic mass is 9.91. The number of nitrogen functional groups attached to an aromatic ring is 1. The molecule has 5 nitrogen and oxygen atoms in total. The maximum absolute atomic E-state index is 11.2. The number of anilines is 1. The molecular weight excluding hydrogens is 884 g/mol. The molecule has 1 heterocycles. The number of oxazole rings is 1. The molecule has 0 aliphatic rings. The monoisotopic (exact) mass is 918 g/mol. The van der Waals surface area contributed by atoms with Gasteiger partial charge in [0.05, 0.1) is 5.69 Å². The number of hydrogen-bond donors (Lipinski definition) is 2. The van der Waals surface area contributed by atoms with Gasteiger partial charge in [-0.15, -0.1) is 0 Å². The van der Waals surface area contributed by atoms with Gasteiger partial charge in [-0.05, 0) is 138 Å². The van der Waals surface area contributed by atoms with Gasteiger partial charge >= 0.3 is 0 Å². The van der Waals surface area contributed by atoms with Crippen LogP contribution in [0.4, 0.5) is 5.69 Å². The van der Waals surface area contributed by atoms with E-state index in [0.717, 1.165) is 43.0 Å². The van der Waals surface area contributed by atoms with Crippen molar-refractivity contribution in [2.45, 2.75) is 0 Å². The maximum Gasteiger partial charge on any atom is 0.227 e. The second kappa shape index (κ2) is 17.3. The predicted octanol–water partition coefficient (Wildman–Crippen LogP) is 15.4. The van der Waals surface area contributed by atoms with Crippen molar-refractivity contribution in [3.05, 3.63) is 209 Å². The molecule has 0 saturated carbocycles. The van der Waals surface area contributed by atoms with Crippen LogP contribution in [-0.2, 0) is 0 Å². The van der Waals surface area contributed by atoms with E-state index in [1.807, 2.05) is 36.4 Å². The van der Waals surface area contributed by atoms with Gasteiger partial charge in [0.2, 0.25) is 5.89 Å². The number of carbonyl (C=O) groups is 1. The number of nitrogens with two attached hydrogens (primary N) is 1. The van der Waals surface area contributed by atoms with Crippen LogP contribution in [0.2, 0.25) is 0 Å². The highest BCUT2D eigenvalue weighted by Crippen LogP contribution is 2.40. The molecule has 11 rings (SSSR count). The van der Waals surface area contributed by atoms with Crippen molar-refractivity contribution in [3.8, 4) is 39.5 Å². The lowest BCUT2D eigenvalue weighted by molar-refractivity contribution is 0.112. The van der Waals surface area contributed by atoms with Crippen LogP contribution in [0.1, 0.15) is 10.4 Å². The smallest absolute Gasteiger partial charge is 0.227 e. The van der Waals surface area contributed by atoms with Crippen LogP contribution in [0.5, 0.6) is 5.75 Å². The fraction of sp³-hybridized carbons (Fsp3) is 0. The summed E-state index contributed by atoms with van der Waals surface area (Å²) in [5.41, 5.74) is 13.6. The second-order valence-electron chi connectivity index (χ2n) is 14.6. The van der Waals surface area contributed by atoms with Gasteiger partial charge in [-0.2, -0.15) is 0 Å². The standard InChI is InChI=1S/C27H16BrNO.C21H13BrO.C6H7NO/c28-21-15-19(14-20(16-21)27-29-24-11-5-6-12-25(24)30-27)26-22-9-3-1-7-17(22)13-18-8-2-4-10-23(18)26;22-18-10-14(13-23)9-17(12-18)21-19-7-3-1-5-15(19)11-16-6-2-4-8-20(16)21;7-5-3-1-2-4-6(5)8/h1-16H;1-13H;1-4,8H,7H2. The highest BCUT2D eigenvalue weighted by Gasteiger charge is 2.15. The summed E-state index contributed by atoms with van der Waals surface area (Å²) in [6, 6.07) is 65.1. The number of phenolic OH excluding ortho intramolecular Hbond substituents is 1. The first-order valence-corrected chi connectivity index (χ1v) is 21.2. The van der Waals surface area contributed by atoms with Crippen LogP contribution < -0.4 is 5.73 Å². The zero-order valence-electron chi connectivity index (χ0n) is 32.6. The molecule has 0 radical (unpaired) electrons. The van der Waals surface area contributed by atoms with Crippen molar-refractivity contribution < 1.29 is 14.3 Å². The fourth-order valence-corrected chi connectivity index (χ4v) is 8.82. The Morgan fingerprint density at radius 1 is 0.492 bits per heavy atom. The van der Waals surface area contributed by atoms with Crippen LogP contribution in [0.25, 0.3) is 87.9 Å². The Kier molecular flexibility index (Phi) is 11.2. The van der Waals surface area contributed by atoms with Gasteiger partial charge in [-0.3, -0.25) is 4.79 Å². The molecule has 0 bridgehead atoms. The van der Waals surface area contributed by atoms with E-state index in [9.17, 15) is 4.79 Å². The van der Waals surface area contributed by atoms with Crippen molar-refractivity contribution in [1.29, 1.82) is 0 Å². The van der Waals surface area contributed by atoms with E-state index in [2.05, 4.69) is 165 Å². The number of para-hydroxylation sites is 4. The first-order chi connectivity index (χ1) is 29.8. The number of aromatic nitrogens is 1. The summed E-state index contributed by atoms with van der Waals surface area (Å²) < 4.78 is 7.95. The SMILES string of the molecule is Brc1cc(-c2nc3ccccc3o2)cc(-c2c3ccccc3cc3ccccc23)c1.Nc1ccccc1O.O=Cc1cc(Br)cc(-c2c3ccccc3cc3ccccc23)c1. The molecule has 0 aliphatic carbocycles. The quantitative estimate of drug-likeness (QED) is 0.0794. The topological polar surface area (TPSA) is 89.3 Å². The molecule has 0 aliphatic heterocycles. The van der Waals surface area contributed by atoms with Gasteiger partial charge in [-0.1, -0.05) is 153 Å². The Morgan fingerprint density at radius 2 is 0.934 bits per heavy atom. The third kappa shape index (κ3) is 8.26. The molecule has 1 aromatic heterocycles. The Labute approximate surface area is 369 Å². The molecule has 10 aromatic carbocycles. The Balaban J connectivity index is 0.000000136. The maximum atomic E-state index is 11.2. The summed E-state index contributed by atoms with van der Waals surface area (Å²) in [6.07, 6.45) is 0.890. The average Bonchev–Trinajstić information content (AvgIpc) is 3.73. The van der Waals surface area contributed by atoms with Crippen LogP contribution >= 0.6 is 31.9 Å². The molecule has 294 valence electrons. The van der Waals surface area contributed by atoms with Gasteiger partial charge < -0.3 is 15.3 Å². The molecule has 0 spiro atoms. The summed E-state index contributed by atoms with van der Waals surface area (Å²) in [7, 11) is 0. The summed E-state index contributed by atoms with van der Waals surface area (Å²) in [5.74, 6) is 0.774. The van der Waals surface area contributed by atoms with Gasteiger partial charge in [0.25, 0.3) is 0 Å². The van der Waals surface area contributed by atoms with E-state index in [4.69, 9.17) is 20.2 Å². The van der Waals surface area contributed by atoms with Crippen LogP contribution in [0.15, 0.2) is 207 Å². The van der Waals surface area contributed by atoms with E-state index in [1.54, 1.807) is 24.3 Å². The van der Waals surface area contributed by atoms with Gasteiger partial charge in [0.15, 0.2) is 5.58 Å².